The molecule has 0 amide bonds. The molecule has 0 aliphatic carbocycles. The average molecular weight is 475 g/mol. The Labute approximate surface area is 207 Å². The topological polar surface area (TPSA) is 63.7 Å². The second-order valence-electron chi connectivity index (χ2n) is 7.95. The van der Waals surface area contributed by atoms with Gasteiger partial charge in [-0.05, 0) is 61.0 Å². The summed E-state index contributed by atoms with van der Waals surface area (Å²) in [7, 11) is 0. The molecule has 0 bridgehead atoms. The van der Waals surface area contributed by atoms with E-state index in [0.717, 1.165) is 44.0 Å². The van der Waals surface area contributed by atoms with Crippen LogP contribution >= 0.6 is 11.3 Å². The number of hydrogen-bond acceptors (Lipinski definition) is 5. The summed E-state index contributed by atoms with van der Waals surface area (Å²) in [5.41, 5.74) is 5.96. The van der Waals surface area contributed by atoms with E-state index >= 15 is 0 Å². The molecule has 0 spiro atoms. The van der Waals surface area contributed by atoms with Crippen molar-refractivity contribution in [1.82, 2.24) is 14.8 Å². The van der Waals surface area contributed by atoms with E-state index < -0.39 is 0 Å². The van der Waals surface area contributed by atoms with E-state index in [9.17, 15) is 5.26 Å². The van der Waals surface area contributed by atoms with E-state index in [1.807, 2.05) is 96.7 Å². The van der Waals surface area contributed by atoms with Gasteiger partial charge in [0, 0.05) is 17.3 Å². The maximum Gasteiger partial charge on any atom is 0.135 e. The number of nitrogens with zero attached hydrogens (tertiary/aromatic N) is 4. The molecule has 0 aliphatic rings. The third kappa shape index (κ3) is 4.63. The van der Waals surface area contributed by atoms with Crippen molar-refractivity contribution in [3.63, 3.8) is 0 Å². The highest BCUT2D eigenvalue weighted by molar-refractivity contribution is 7.19. The summed E-state index contributed by atoms with van der Waals surface area (Å²) in [6.45, 7) is 6.19. The molecular weight excluding hydrogens is 452 g/mol. The Balaban J connectivity index is 1.64. The molecule has 0 atom stereocenters. The molecule has 6 heteroatoms. The number of hydrogen-bond donors (Lipinski definition) is 0. The fraction of sp³-hybridized carbons (Fsp3) is 0.0690. The van der Waals surface area contributed by atoms with Gasteiger partial charge in [0.05, 0.1) is 21.5 Å². The van der Waals surface area contributed by atoms with Crippen LogP contribution < -0.4 is 4.74 Å². The van der Waals surface area contributed by atoms with E-state index in [2.05, 4.69) is 17.6 Å². The number of allylic oxidation sites excluding steroid dienone is 1. The molecule has 3 aromatic carbocycles. The lowest BCUT2D eigenvalue weighted by Crippen LogP contribution is -1.96. The highest BCUT2D eigenvalue weighted by atomic mass is 32.1. The molecular formula is C29H22N4OS. The van der Waals surface area contributed by atoms with Crippen molar-refractivity contribution < 1.29 is 4.74 Å². The highest BCUT2D eigenvalue weighted by Gasteiger charge is 2.16. The minimum absolute atomic E-state index is 0.448. The van der Waals surface area contributed by atoms with Crippen molar-refractivity contribution in [2.45, 2.75) is 6.92 Å². The minimum atomic E-state index is 0.448. The maximum absolute atomic E-state index is 10.0. The van der Waals surface area contributed by atoms with Crippen molar-refractivity contribution >= 4 is 33.2 Å². The Morgan fingerprint density at radius 3 is 2.66 bits per heavy atom. The molecule has 2 aromatic heterocycles. The van der Waals surface area contributed by atoms with Crippen molar-refractivity contribution in [1.29, 1.82) is 5.26 Å². The smallest absolute Gasteiger partial charge is 0.135 e. The van der Waals surface area contributed by atoms with Gasteiger partial charge in [-0.1, -0.05) is 43.0 Å². The average Bonchev–Trinajstić information content (AvgIpc) is 3.51. The molecule has 2 heterocycles. The number of aryl methyl sites for hydroxylation is 1. The van der Waals surface area contributed by atoms with Crippen LogP contribution in [0.2, 0.25) is 0 Å². The maximum atomic E-state index is 10.0. The van der Waals surface area contributed by atoms with E-state index in [1.54, 1.807) is 6.08 Å². The Morgan fingerprint density at radius 2 is 1.91 bits per heavy atom. The Hall–Kier alpha value is -4.47. The van der Waals surface area contributed by atoms with E-state index in [-0.39, 0.29) is 0 Å². The molecule has 0 unspecified atom stereocenters. The largest absolute Gasteiger partial charge is 0.490 e. The van der Waals surface area contributed by atoms with Gasteiger partial charge in [-0.25, -0.2) is 9.67 Å². The molecule has 5 aromatic rings. The van der Waals surface area contributed by atoms with Crippen LogP contribution in [0.25, 0.3) is 38.8 Å². The highest BCUT2D eigenvalue weighted by Crippen LogP contribution is 2.33. The number of benzene rings is 3. The molecule has 0 saturated heterocycles. The first-order valence-electron chi connectivity index (χ1n) is 11.1. The van der Waals surface area contributed by atoms with Gasteiger partial charge in [-0.2, -0.15) is 10.4 Å². The summed E-state index contributed by atoms with van der Waals surface area (Å²) >= 11 is 1.51. The fourth-order valence-corrected chi connectivity index (χ4v) is 4.78. The number of para-hydroxylation sites is 2. The summed E-state index contributed by atoms with van der Waals surface area (Å²) in [4.78, 5) is 4.68. The van der Waals surface area contributed by atoms with Gasteiger partial charge in [0.15, 0.2) is 0 Å². The lowest BCUT2D eigenvalue weighted by atomic mass is 10.0. The summed E-state index contributed by atoms with van der Waals surface area (Å²) in [6, 6.07) is 26.1. The predicted molar refractivity (Wildman–Crippen MR) is 143 cm³/mol. The zero-order valence-electron chi connectivity index (χ0n) is 19.2. The Bertz CT molecular complexity index is 1560. The number of thiazole rings is 1. The quantitative estimate of drug-likeness (QED) is 0.187. The van der Waals surface area contributed by atoms with E-state index in [1.165, 1.54) is 11.3 Å². The third-order valence-electron chi connectivity index (χ3n) is 5.53. The Kier molecular flexibility index (Phi) is 6.25. The zero-order valence-corrected chi connectivity index (χ0v) is 20.0. The van der Waals surface area contributed by atoms with Crippen LogP contribution in [0.4, 0.5) is 0 Å². The summed E-state index contributed by atoms with van der Waals surface area (Å²) in [5, 5.41) is 15.6. The van der Waals surface area contributed by atoms with Crippen molar-refractivity contribution in [2.75, 3.05) is 6.61 Å². The molecule has 170 valence electrons. The Morgan fingerprint density at radius 1 is 1.11 bits per heavy atom. The summed E-state index contributed by atoms with van der Waals surface area (Å²) in [6.07, 6.45) is 5.55. The van der Waals surface area contributed by atoms with Crippen LogP contribution in [0.15, 0.2) is 91.6 Å². The van der Waals surface area contributed by atoms with Crippen LogP contribution in [0.5, 0.6) is 5.75 Å². The van der Waals surface area contributed by atoms with Gasteiger partial charge in [0.2, 0.25) is 0 Å². The first kappa shape index (κ1) is 22.3. The van der Waals surface area contributed by atoms with Crippen LogP contribution in [0.3, 0.4) is 0 Å². The molecule has 5 rings (SSSR count). The predicted octanol–water partition coefficient (Wildman–Crippen LogP) is 7.09. The molecule has 35 heavy (non-hydrogen) atoms. The number of nitriles is 1. The monoisotopic (exact) mass is 474 g/mol. The number of fused-ring (bicyclic) bond motifs is 1. The number of rotatable bonds is 7. The van der Waals surface area contributed by atoms with Gasteiger partial charge in [0.1, 0.15) is 29.1 Å². The second kappa shape index (κ2) is 9.80. The lowest BCUT2D eigenvalue weighted by molar-refractivity contribution is 0.363. The van der Waals surface area contributed by atoms with Crippen molar-refractivity contribution in [3.05, 3.63) is 108 Å². The number of ether oxygens (including phenoxy) is 1. The molecule has 5 nitrogen and oxygen atoms in total. The van der Waals surface area contributed by atoms with E-state index in [0.29, 0.717) is 17.2 Å². The van der Waals surface area contributed by atoms with Crippen LogP contribution in [-0.4, -0.2) is 21.4 Å². The van der Waals surface area contributed by atoms with Gasteiger partial charge in [-0.3, -0.25) is 0 Å². The normalized spacial score (nSPS) is 11.4. The molecule has 0 N–H and O–H groups in total. The first-order valence-corrected chi connectivity index (χ1v) is 12.0. The van der Waals surface area contributed by atoms with E-state index in [4.69, 9.17) is 9.84 Å². The first-order chi connectivity index (χ1) is 17.2. The minimum Gasteiger partial charge on any atom is -0.490 e. The lowest BCUT2D eigenvalue weighted by Gasteiger charge is -2.08. The summed E-state index contributed by atoms with van der Waals surface area (Å²) in [5.74, 6) is 0.776. The standard InChI is InChI=1S/C29H22N4OS/c1-3-15-34-24-13-14-25(20(2)16-24)28-22(19-33(32-28)23-9-5-4-6-10-23)17-21(18-30)29-31-26-11-7-8-12-27(26)35-29/h3-14,16-17,19H,1,15H2,2H3/b21-17+. The van der Waals surface area contributed by atoms with Crippen molar-refractivity contribution in [2.24, 2.45) is 0 Å². The molecule has 0 saturated carbocycles. The summed E-state index contributed by atoms with van der Waals surface area (Å²) < 4.78 is 8.59. The van der Waals surface area contributed by atoms with Crippen LogP contribution in [-0.2, 0) is 0 Å². The zero-order chi connectivity index (χ0) is 24.2. The molecule has 0 radical (unpaired) electrons. The van der Waals surface area contributed by atoms with Gasteiger partial charge in [0.25, 0.3) is 0 Å². The molecule has 0 aliphatic heterocycles. The third-order valence-corrected chi connectivity index (χ3v) is 6.60. The van der Waals surface area contributed by atoms with Crippen molar-refractivity contribution in [3.8, 4) is 28.8 Å². The van der Waals surface area contributed by atoms with Gasteiger partial charge < -0.3 is 4.74 Å². The SMILES string of the molecule is C=CCOc1ccc(-c2nn(-c3ccccc3)cc2/C=C(\C#N)c2nc3ccccc3s2)c(C)c1. The van der Waals surface area contributed by atoms with Gasteiger partial charge in [-0.15, -0.1) is 11.3 Å². The van der Waals surface area contributed by atoms with Crippen LogP contribution in [0.1, 0.15) is 16.1 Å². The fourth-order valence-electron chi connectivity index (χ4n) is 3.85. The van der Waals surface area contributed by atoms with Gasteiger partial charge >= 0.3 is 0 Å². The van der Waals surface area contributed by atoms with Crippen LogP contribution in [0, 0.1) is 18.3 Å². The number of aromatic nitrogens is 3. The molecule has 0 fully saturated rings. The second-order valence-corrected chi connectivity index (χ2v) is 8.98.